The van der Waals surface area contributed by atoms with E-state index in [9.17, 15) is 26.7 Å². The average Bonchev–Trinajstić information content (AvgIpc) is 3.66. The number of fused-ring (bicyclic) bond motifs is 1. The molecule has 46 heavy (non-hydrogen) atoms. The number of sulfonamides is 1. The molecule has 5 heterocycles. The van der Waals surface area contributed by atoms with Gasteiger partial charge in [-0.05, 0) is 44.5 Å². The monoisotopic (exact) mass is 687 g/mol. The van der Waals surface area contributed by atoms with Crippen molar-refractivity contribution in [1.29, 1.82) is 0 Å². The van der Waals surface area contributed by atoms with Crippen LogP contribution in [0, 0.1) is 0 Å². The van der Waals surface area contributed by atoms with Crippen LogP contribution in [-0.2, 0) is 45.2 Å². The molecule has 0 saturated carbocycles. The lowest BCUT2D eigenvalue weighted by molar-refractivity contribution is -0.284. The minimum Gasteiger partial charge on any atom is -0.390 e. The third kappa shape index (κ3) is 7.94. The van der Waals surface area contributed by atoms with Gasteiger partial charge in [-0.25, -0.2) is 8.42 Å². The van der Waals surface area contributed by atoms with Crippen LogP contribution in [0.4, 0.5) is 13.2 Å². The molecule has 0 radical (unpaired) electrons. The van der Waals surface area contributed by atoms with E-state index in [1.54, 1.807) is 10.7 Å². The van der Waals surface area contributed by atoms with Crippen LogP contribution in [0.1, 0.15) is 48.9 Å². The zero-order valence-electron chi connectivity index (χ0n) is 26.3. The van der Waals surface area contributed by atoms with E-state index in [4.69, 9.17) is 14.6 Å². The lowest BCUT2D eigenvalue weighted by Gasteiger charge is -2.43. The van der Waals surface area contributed by atoms with Crippen LogP contribution < -0.4 is 0 Å². The number of piperidine rings is 1. The molecule has 10 nitrogen and oxygen atoms in total. The van der Waals surface area contributed by atoms with Crippen molar-refractivity contribution in [3.05, 3.63) is 35.0 Å². The highest BCUT2D eigenvalue weighted by Gasteiger charge is 2.39. The van der Waals surface area contributed by atoms with Crippen LogP contribution >= 0.6 is 11.8 Å². The number of alkyl halides is 3. The summed E-state index contributed by atoms with van der Waals surface area (Å²) in [6.45, 7) is 6.47. The second-order valence-electron chi connectivity index (χ2n) is 12.8. The molecule has 1 spiro atoms. The van der Waals surface area contributed by atoms with E-state index in [-0.39, 0.29) is 24.5 Å². The lowest BCUT2D eigenvalue weighted by atomic mass is 10.0. The minimum atomic E-state index is -4.51. The predicted molar refractivity (Wildman–Crippen MR) is 169 cm³/mol. The number of thioether (sulfide) groups is 1. The largest absolute Gasteiger partial charge is 0.417 e. The van der Waals surface area contributed by atoms with Crippen molar-refractivity contribution >= 4 is 21.8 Å². The molecule has 0 aliphatic carbocycles. The quantitative estimate of drug-likeness (QED) is 0.376. The van der Waals surface area contributed by atoms with Crippen molar-refractivity contribution < 1.29 is 36.2 Å². The summed E-state index contributed by atoms with van der Waals surface area (Å²) in [5.41, 5.74) is 1.75. The van der Waals surface area contributed by atoms with Crippen molar-refractivity contribution in [1.82, 2.24) is 23.9 Å². The molecule has 0 bridgehead atoms. The van der Waals surface area contributed by atoms with E-state index >= 15 is 0 Å². The Labute approximate surface area is 273 Å². The van der Waals surface area contributed by atoms with Gasteiger partial charge in [-0.15, -0.1) is 11.8 Å². The number of hydrogen-bond donors (Lipinski definition) is 1. The summed E-state index contributed by atoms with van der Waals surface area (Å²) in [5.74, 6) is 0.0110. The van der Waals surface area contributed by atoms with Crippen molar-refractivity contribution in [2.75, 3.05) is 71.0 Å². The fourth-order valence-electron chi connectivity index (χ4n) is 6.98. The van der Waals surface area contributed by atoms with Crippen LogP contribution in [0.3, 0.4) is 0 Å². The van der Waals surface area contributed by atoms with Crippen LogP contribution in [0.15, 0.2) is 23.1 Å². The number of β-amino-alcohol motifs (C(OH)–C–C–N with tert-alkyl or cyclic N) is 1. The molecular weight excluding hydrogens is 643 g/mol. The molecule has 1 atom stereocenters. The minimum absolute atomic E-state index is 0.0757. The second kappa shape index (κ2) is 14.0. The summed E-state index contributed by atoms with van der Waals surface area (Å²) >= 11 is 1.19. The first-order valence-electron chi connectivity index (χ1n) is 16.2. The molecular formula is C31H44F3N5O5S2. The number of ether oxygens (including phenoxy) is 2. The van der Waals surface area contributed by atoms with E-state index in [1.165, 1.54) is 22.1 Å². The number of aliphatic hydroxyl groups excluding tert-OH is 1. The zero-order chi connectivity index (χ0) is 32.5. The number of aliphatic hydroxyl groups is 1. The van der Waals surface area contributed by atoms with Gasteiger partial charge in [0.05, 0.1) is 43.4 Å². The van der Waals surface area contributed by atoms with Crippen molar-refractivity contribution in [3.63, 3.8) is 0 Å². The van der Waals surface area contributed by atoms with Crippen molar-refractivity contribution in [2.45, 2.75) is 74.6 Å². The summed E-state index contributed by atoms with van der Waals surface area (Å²) in [4.78, 5) is 4.59. The van der Waals surface area contributed by atoms with Gasteiger partial charge in [0.1, 0.15) is 0 Å². The summed E-state index contributed by atoms with van der Waals surface area (Å²) in [6, 6.07) is 4.07. The van der Waals surface area contributed by atoms with Gasteiger partial charge in [0, 0.05) is 86.0 Å². The Bertz CT molecular complexity index is 1470. The van der Waals surface area contributed by atoms with E-state index < -0.39 is 33.7 Å². The molecule has 4 aliphatic rings. The maximum atomic E-state index is 14.0. The van der Waals surface area contributed by atoms with Gasteiger partial charge >= 0.3 is 6.18 Å². The third-order valence-electron chi connectivity index (χ3n) is 9.48. The summed E-state index contributed by atoms with van der Waals surface area (Å²) in [7, 11) is -3.50. The van der Waals surface area contributed by atoms with E-state index in [0.717, 1.165) is 82.8 Å². The summed E-state index contributed by atoms with van der Waals surface area (Å²) in [5, 5.41) is 16.0. The smallest absolute Gasteiger partial charge is 0.390 e. The standard InChI is InChI=1S/C31H44F3N5O5S2/c1-46(41,42)38-12-7-27-25(22-38)29(23-5-6-26(31(32,33)34)28(19-23)45-18-15-36-10-2-3-11-36)35-39(27)21-24(40)20-37-13-8-30(9-14-37)43-16-4-17-44-30/h5-6,19,24,40H,2-4,7-18,20-22H2,1H3. The second-order valence-corrected chi connectivity index (χ2v) is 15.9. The number of nitrogens with zero attached hydrogens (tertiary/aromatic N) is 5. The van der Waals surface area contributed by atoms with E-state index in [1.807, 2.05) is 0 Å². The van der Waals surface area contributed by atoms with Gasteiger partial charge in [0.15, 0.2) is 5.79 Å². The van der Waals surface area contributed by atoms with Gasteiger partial charge in [0.25, 0.3) is 0 Å². The van der Waals surface area contributed by atoms with Gasteiger partial charge in [0.2, 0.25) is 10.0 Å². The van der Waals surface area contributed by atoms with E-state index in [0.29, 0.717) is 48.8 Å². The highest BCUT2D eigenvalue weighted by atomic mass is 32.2. The number of rotatable bonds is 10. The molecule has 1 aromatic heterocycles. The van der Waals surface area contributed by atoms with Crippen LogP contribution in [0.2, 0.25) is 0 Å². The number of likely N-dealkylation sites (tertiary alicyclic amines) is 2. The van der Waals surface area contributed by atoms with E-state index in [2.05, 4.69) is 9.80 Å². The zero-order valence-corrected chi connectivity index (χ0v) is 27.9. The maximum absolute atomic E-state index is 14.0. The summed E-state index contributed by atoms with van der Waals surface area (Å²) < 4.78 is 82.1. The molecule has 4 aliphatic heterocycles. The highest BCUT2D eigenvalue weighted by molar-refractivity contribution is 7.99. The maximum Gasteiger partial charge on any atom is 0.417 e. The van der Waals surface area contributed by atoms with Gasteiger partial charge in [-0.2, -0.15) is 22.6 Å². The van der Waals surface area contributed by atoms with Crippen LogP contribution in [0.5, 0.6) is 0 Å². The molecule has 3 saturated heterocycles. The molecule has 2 aromatic rings. The van der Waals surface area contributed by atoms with Gasteiger partial charge in [-0.1, -0.05) is 6.07 Å². The Morgan fingerprint density at radius 1 is 1.02 bits per heavy atom. The first-order valence-corrected chi connectivity index (χ1v) is 19.0. The Morgan fingerprint density at radius 2 is 1.74 bits per heavy atom. The average molecular weight is 688 g/mol. The SMILES string of the molecule is CS(=O)(=O)N1CCc2c(c(-c3ccc(C(F)(F)F)c(SCCN4CCCC4)c3)nn2CC(O)CN2CCC3(CC2)OCCCO3)C1. The Kier molecular flexibility index (Phi) is 10.4. The fourth-order valence-corrected chi connectivity index (χ4v) is 8.89. The van der Waals surface area contributed by atoms with Gasteiger partial charge in [-0.3, -0.25) is 4.68 Å². The van der Waals surface area contributed by atoms with Crippen LogP contribution in [0.25, 0.3) is 11.3 Å². The normalized spacial score (nSPS) is 22.4. The number of hydrogen-bond acceptors (Lipinski definition) is 9. The first-order chi connectivity index (χ1) is 21.9. The molecule has 1 N–H and O–H groups in total. The Hall–Kier alpha value is -1.72. The lowest BCUT2D eigenvalue weighted by Crippen LogP contribution is -2.51. The molecule has 256 valence electrons. The predicted octanol–water partition coefficient (Wildman–Crippen LogP) is 3.66. The van der Waals surface area contributed by atoms with Crippen LogP contribution in [-0.4, -0.2) is 120 Å². The molecule has 0 amide bonds. The number of halogens is 3. The molecule has 15 heteroatoms. The van der Waals surface area contributed by atoms with Crippen molar-refractivity contribution in [2.24, 2.45) is 0 Å². The van der Waals surface area contributed by atoms with Gasteiger partial charge < -0.3 is 24.4 Å². The fraction of sp³-hybridized carbons (Fsp3) is 0.710. The first kappa shape index (κ1) is 34.2. The highest BCUT2D eigenvalue weighted by Crippen LogP contribution is 2.40. The Morgan fingerprint density at radius 3 is 2.41 bits per heavy atom. The van der Waals surface area contributed by atoms with Crippen molar-refractivity contribution in [3.8, 4) is 11.3 Å². The third-order valence-corrected chi connectivity index (χ3v) is 11.8. The molecule has 1 unspecified atom stereocenters. The number of benzene rings is 1. The molecule has 1 aromatic carbocycles. The number of aromatic nitrogens is 2. The topological polar surface area (TPSA) is 100 Å². The Balaban J connectivity index is 1.23. The molecule has 6 rings (SSSR count). The molecule has 3 fully saturated rings. The summed E-state index contributed by atoms with van der Waals surface area (Å²) in [6.07, 6.45) is 0.876.